The number of ether oxygens (including phenoxy) is 1. The van der Waals surface area contributed by atoms with E-state index in [1.165, 1.54) is 29.7 Å². The number of hydrogen-bond acceptors (Lipinski definition) is 5. The molecule has 0 aliphatic rings. The van der Waals surface area contributed by atoms with Crippen LogP contribution >= 0.6 is 0 Å². The predicted molar refractivity (Wildman–Crippen MR) is 105 cm³/mol. The minimum atomic E-state index is -0.467. The molecule has 2 rings (SSSR count). The van der Waals surface area contributed by atoms with Crippen LogP contribution in [-0.2, 0) is 16.1 Å². The number of carbonyl (C=O) groups is 1. The van der Waals surface area contributed by atoms with Gasteiger partial charge in [0.05, 0.1) is 11.8 Å². The lowest BCUT2D eigenvalue weighted by atomic mass is 10.1. The quantitative estimate of drug-likeness (QED) is 0.480. The Balaban J connectivity index is 1.76. The lowest BCUT2D eigenvalue weighted by molar-refractivity contribution is -0.145. The van der Waals surface area contributed by atoms with Gasteiger partial charge in [-0.3, -0.25) is 14.0 Å². The van der Waals surface area contributed by atoms with E-state index in [1.807, 2.05) is 13.0 Å². The molecule has 0 aliphatic heterocycles. The van der Waals surface area contributed by atoms with E-state index in [0.717, 1.165) is 24.8 Å². The summed E-state index contributed by atoms with van der Waals surface area (Å²) >= 11 is 0. The Morgan fingerprint density at radius 3 is 2.81 bits per heavy atom. The Bertz CT molecular complexity index is 800. The molecule has 27 heavy (non-hydrogen) atoms. The van der Waals surface area contributed by atoms with Gasteiger partial charge in [0.2, 0.25) is 0 Å². The van der Waals surface area contributed by atoms with E-state index in [4.69, 9.17) is 4.74 Å². The highest BCUT2D eigenvalue weighted by Gasteiger charge is 2.11. The van der Waals surface area contributed by atoms with E-state index in [-0.39, 0.29) is 24.6 Å². The van der Waals surface area contributed by atoms with Crippen LogP contribution in [0.1, 0.15) is 69.5 Å². The minimum absolute atomic E-state index is 0.0357. The third-order valence-corrected chi connectivity index (χ3v) is 4.64. The molecule has 2 aromatic heterocycles. The molecule has 0 saturated heterocycles. The van der Waals surface area contributed by atoms with E-state index in [1.54, 1.807) is 12.3 Å². The van der Waals surface area contributed by atoms with Gasteiger partial charge in [-0.1, -0.05) is 45.1 Å². The molecule has 0 radical (unpaired) electrons. The van der Waals surface area contributed by atoms with Gasteiger partial charge in [0, 0.05) is 18.7 Å². The van der Waals surface area contributed by atoms with Crippen LogP contribution in [0.5, 0.6) is 0 Å². The molecule has 1 N–H and O–H groups in total. The molecule has 0 bridgehead atoms. The van der Waals surface area contributed by atoms with Crippen LogP contribution in [0.2, 0.25) is 0 Å². The Kier molecular flexibility index (Phi) is 8.45. The third-order valence-electron chi connectivity index (χ3n) is 4.64. The molecule has 0 amide bonds. The van der Waals surface area contributed by atoms with Crippen molar-refractivity contribution in [3.63, 3.8) is 0 Å². The SMILES string of the molecule is CCCCCCC[C@H](O)CCC(=O)OCc1cc(=O)n2cccc(C)c2n1. The number of carbonyl (C=O) groups excluding carboxylic acids is 1. The first-order valence-corrected chi connectivity index (χ1v) is 9.83. The number of fused-ring (bicyclic) bond motifs is 1. The van der Waals surface area contributed by atoms with Gasteiger partial charge in [-0.2, -0.15) is 0 Å². The van der Waals surface area contributed by atoms with Crippen molar-refractivity contribution in [2.75, 3.05) is 0 Å². The zero-order chi connectivity index (χ0) is 19.6. The van der Waals surface area contributed by atoms with Crippen LogP contribution < -0.4 is 5.56 Å². The average Bonchev–Trinajstić information content (AvgIpc) is 2.65. The van der Waals surface area contributed by atoms with Crippen LogP contribution in [0.15, 0.2) is 29.2 Å². The Morgan fingerprint density at radius 2 is 2.04 bits per heavy atom. The van der Waals surface area contributed by atoms with E-state index in [9.17, 15) is 14.7 Å². The van der Waals surface area contributed by atoms with Gasteiger partial charge in [-0.15, -0.1) is 0 Å². The molecule has 0 saturated carbocycles. The van der Waals surface area contributed by atoms with Crippen molar-refractivity contribution in [2.45, 2.75) is 77.9 Å². The summed E-state index contributed by atoms with van der Waals surface area (Å²) in [5.74, 6) is -0.383. The van der Waals surface area contributed by atoms with Gasteiger partial charge in [-0.05, 0) is 31.4 Å². The van der Waals surface area contributed by atoms with Gasteiger partial charge in [-0.25, -0.2) is 4.98 Å². The summed E-state index contributed by atoms with van der Waals surface area (Å²) in [6, 6.07) is 5.05. The second-order valence-corrected chi connectivity index (χ2v) is 7.03. The van der Waals surface area contributed by atoms with E-state index < -0.39 is 6.10 Å². The van der Waals surface area contributed by atoms with Crippen molar-refractivity contribution in [3.05, 3.63) is 46.0 Å². The summed E-state index contributed by atoms with van der Waals surface area (Å²) in [5, 5.41) is 9.96. The number of aromatic nitrogens is 2. The highest BCUT2D eigenvalue weighted by atomic mass is 16.5. The molecular formula is C21H30N2O4. The second-order valence-electron chi connectivity index (χ2n) is 7.03. The van der Waals surface area contributed by atoms with E-state index in [2.05, 4.69) is 11.9 Å². The molecule has 0 fully saturated rings. The van der Waals surface area contributed by atoms with Gasteiger partial charge in [0.15, 0.2) is 0 Å². The summed E-state index contributed by atoms with van der Waals surface area (Å²) in [4.78, 5) is 28.4. The predicted octanol–water partition coefficient (Wildman–Crippen LogP) is 3.55. The molecule has 2 aromatic rings. The van der Waals surface area contributed by atoms with Gasteiger partial charge >= 0.3 is 5.97 Å². The number of unbranched alkanes of at least 4 members (excludes halogenated alkanes) is 4. The van der Waals surface area contributed by atoms with Crippen molar-refractivity contribution >= 4 is 11.6 Å². The van der Waals surface area contributed by atoms with Crippen LogP contribution in [0.25, 0.3) is 5.65 Å². The Hall–Kier alpha value is -2.21. The van der Waals surface area contributed by atoms with Crippen molar-refractivity contribution in [3.8, 4) is 0 Å². The zero-order valence-corrected chi connectivity index (χ0v) is 16.3. The summed E-state index contributed by atoms with van der Waals surface area (Å²) in [5.41, 5.74) is 1.67. The number of aliphatic hydroxyl groups is 1. The molecule has 2 heterocycles. The van der Waals surface area contributed by atoms with Crippen LogP contribution in [-0.4, -0.2) is 26.6 Å². The number of rotatable bonds is 11. The number of pyridine rings is 1. The average molecular weight is 374 g/mol. The monoisotopic (exact) mass is 374 g/mol. The number of esters is 1. The minimum Gasteiger partial charge on any atom is -0.459 e. The molecule has 1 atom stereocenters. The fourth-order valence-electron chi connectivity index (χ4n) is 3.02. The van der Waals surface area contributed by atoms with E-state index in [0.29, 0.717) is 17.8 Å². The first-order chi connectivity index (χ1) is 13.0. The maximum absolute atomic E-state index is 12.1. The molecular weight excluding hydrogens is 344 g/mol. The van der Waals surface area contributed by atoms with Crippen molar-refractivity contribution in [2.24, 2.45) is 0 Å². The fraction of sp³-hybridized carbons (Fsp3) is 0.571. The summed E-state index contributed by atoms with van der Waals surface area (Å²) in [6.45, 7) is 4.01. The molecule has 0 unspecified atom stereocenters. The van der Waals surface area contributed by atoms with Crippen LogP contribution in [0, 0.1) is 6.92 Å². The molecule has 6 nitrogen and oxygen atoms in total. The fourth-order valence-corrected chi connectivity index (χ4v) is 3.02. The third kappa shape index (κ3) is 6.79. The van der Waals surface area contributed by atoms with Gasteiger partial charge < -0.3 is 9.84 Å². The van der Waals surface area contributed by atoms with Crippen molar-refractivity contribution < 1.29 is 14.6 Å². The first kappa shape index (κ1) is 21.1. The molecule has 0 spiro atoms. The standard InChI is InChI=1S/C21H30N2O4/c1-3-4-5-6-7-10-18(24)11-12-20(26)27-15-17-14-19(25)23-13-8-9-16(2)21(23)22-17/h8-9,13-14,18,24H,3-7,10-12,15H2,1-2H3/t18-/m0/s1. The molecule has 0 aromatic carbocycles. The van der Waals surface area contributed by atoms with Crippen LogP contribution in [0.3, 0.4) is 0 Å². The second kappa shape index (κ2) is 10.8. The first-order valence-electron chi connectivity index (χ1n) is 9.83. The molecule has 0 aliphatic carbocycles. The topological polar surface area (TPSA) is 80.9 Å². The maximum atomic E-state index is 12.1. The van der Waals surface area contributed by atoms with Gasteiger partial charge in [0.25, 0.3) is 5.56 Å². The van der Waals surface area contributed by atoms with Crippen molar-refractivity contribution in [1.82, 2.24) is 9.38 Å². The zero-order valence-electron chi connectivity index (χ0n) is 16.3. The highest BCUT2D eigenvalue weighted by molar-refractivity contribution is 5.69. The summed E-state index contributed by atoms with van der Waals surface area (Å²) in [7, 11) is 0. The number of aliphatic hydroxyl groups excluding tert-OH is 1. The van der Waals surface area contributed by atoms with E-state index >= 15 is 0 Å². The maximum Gasteiger partial charge on any atom is 0.306 e. The number of nitrogens with zero attached hydrogens (tertiary/aromatic N) is 2. The highest BCUT2D eigenvalue weighted by Crippen LogP contribution is 2.11. The normalized spacial score (nSPS) is 12.3. The Labute approximate surface area is 160 Å². The lowest BCUT2D eigenvalue weighted by Crippen LogP contribution is -2.17. The summed E-state index contributed by atoms with van der Waals surface area (Å²) < 4.78 is 6.69. The number of aryl methyl sites for hydroxylation is 1. The molecule has 6 heteroatoms. The van der Waals surface area contributed by atoms with Crippen LogP contribution in [0.4, 0.5) is 0 Å². The largest absolute Gasteiger partial charge is 0.459 e. The van der Waals surface area contributed by atoms with Gasteiger partial charge in [0.1, 0.15) is 12.3 Å². The van der Waals surface area contributed by atoms with Crippen molar-refractivity contribution in [1.29, 1.82) is 0 Å². The molecule has 148 valence electrons. The lowest BCUT2D eigenvalue weighted by Gasteiger charge is -2.10. The smallest absolute Gasteiger partial charge is 0.306 e. The number of hydrogen-bond donors (Lipinski definition) is 1. The summed E-state index contributed by atoms with van der Waals surface area (Å²) in [6.07, 6.45) is 8.23. The Morgan fingerprint density at radius 1 is 1.26 bits per heavy atom.